The van der Waals surface area contributed by atoms with Crippen molar-refractivity contribution in [2.24, 2.45) is 0 Å². The largest absolute Gasteiger partial charge is 0.309 e. The normalized spacial score (nSPS) is 19.3. The Hall–Kier alpha value is -0.0900. The molecule has 96 valence electrons. The predicted molar refractivity (Wildman–Crippen MR) is 76.2 cm³/mol. The first kappa shape index (κ1) is 13.3. The van der Waals surface area contributed by atoms with Crippen molar-refractivity contribution in [3.63, 3.8) is 0 Å². The van der Waals surface area contributed by atoms with Crippen LogP contribution < -0.4 is 5.32 Å². The van der Waals surface area contributed by atoms with Gasteiger partial charge in [0.05, 0.1) is 4.34 Å². The first-order valence-corrected chi connectivity index (χ1v) is 7.49. The Kier molecular flexibility index (Phi) is 4.47. The number of thiophene rings is 1. The van der Waals surface area contributed by atoms with Gasteiger partial charge in [0.2, 0.25) is 0 Å². The van der Waals surface area contributed by atoms with Crippen molar-refractivity contribution in [3.05, 3.63) is 20.8 Å². The van der Waals surface area contributed by atoms with Crippen LogP contribution >= 0.6 is 22.9 Å². The van der Waals surface area contributed by atoms with Crippen LogP contribution in [0.4, 0.5) is 0 Å². The van der Waals surface area contributed by atoms with Gasteiger partial charge in [-0.2, -0.15) is 0 Å². The molecule has 0 radical (unpaired) electrons. The predicted octanol–water partition coefficient (Wildman–Crippen LogP) is 3.32. The fourth-order valence-corrected chi connectivity index (χ4v) is 3.57. The van der Waals surface area contributed by atoms with E-state index < -0.39 is 0 Å². The van der Waals surface area contributed by atoms with Crippen molar-refractivity contribution in [1.82, 2.24) is 10.2 Å². The number of fused-ring (bicyclic) bond motifs is 1. The Morgan fingerprint density at radius 3 is 3.06 bits per heavy atom. The van der Waals surface area contributed by atoms with Crippen LogP contribution in [0.3, 0.4) is 0 Å². The minimum absolute atomic E-state index is 0.523. The molecule has 1 aromatic rings. The number of halogens is 1. The Labute approximate surface area is 113 Å². The van der Waals surface area contributed by atoms with E-state index in [0.717, 1.165) is 17.4 Å². The van der Waals surface area contributed by atoms with Gasteiger partial charge in [-0.3, -0.25) is 0 Å². The molecule has 0 amide bonds. The van der Waals surface area contributed by atoms with E-state index in [9.17, 15) is 0 Å². The molecule has 1 heterocycles. The second-order valence-electron chi connectivity index (χ2n) is 5.05. The maximum Gasteiger partial charge on any atom is 0.0934 e. The number of hydrogen-bond acceptors (Lipinski definition) is 3. The van der Waals surface area contributed by atoms with Crippen LogP contribution in [0.2, 0.25) is 4.34 Å². The SMILES string of the molecule is CC(C)N(C)CCNC1CCc2sc(Cl)cc21. The van der Waals surface area contributed by atoms with Gasteiger partial charge in [-0.1, -0.05) is 11.6 Å². The summed E-state index contributed by atoms with van der Waals surface area (Å²) in [5.74, 6) is 0. The average molecular weight is 273 g/mol. The first-order chi connectivity index (χ1) is 8.08. The average Bonchev–Trinajstić information content (AvgIpc) is 2.78. The molecule has 0 spiro atoms. The summed E-state index contributed by atoms with van der Waals surface area (Å²) in [6.07, 6.45) is 2.41. The van der Waals surface area contributed by atoms with Gasteiger partial charge in [0.25, 0.3) is 0 Å². The highest BCUT2D eigenvalue weighted by Gasteiger charge is 2.24. The lowest BCUT2D eigenvalue weighted by atomic mass is 10.2. The highest BCUT2D eigenvalue weighted by Crippen LogP contribution is 2.39. The molecule has 0 aliphatic heterocycles. The van der Waals surface area contributed by atoms with E-state index in [0.29, 0.717) is 12.1 Å². The van der Waals surface area contributed by atoms with E-state index in [1.54, 1.807) is 11.3 Å². The molecular formula is C13H21ClN2S. The molecule has 0 saturated carbocycles. The summed E-state index contributed by atoms with van der Waals surface area (Å²) in [4.78, 5) is 3.84. The van der Waals surface area contributed by atoms with E-state index >= 15 is 0 Å². The summed E-state index contributed by atoms with van der Waals surface area (Å²) in [7, 11) is 2.17. The summed E-state index contributed by atoms with van der Waals surface area (Å²) >= 11 is 7.79. The van der Waals surface area contributed by atoms with Gasteiger partial charge in [-0.15, -0.1) is 11.3 Å². The van der Waals surface area contributed by atoms with Crippen LogP contribution in [0.5, 0.6) is 0 Å². The van der Waals surface area contributed by atoms with E-state index in [1.165, 1.54) is 23.3 Å². The summed E-state index contributed by atoms with van der Waals surface area (Å²) in [5.41, 5.74) is 1.44. The lowest BCUT2D eigenvalue weighted by Crippen LogP contribution is -2.34. The van der Waals surface area contributed by atoms with Crippen molar-refractivity contribution >= 4 is 22.9 Å². The number of nitrogens with one attached hydrogen (secondary N) is 1. The molecule has 0 saturated heterocycles. The van der Waals surface area contributed by atoms with E-state index in [4.69, 9.17) is 11.6 Å². The topological polar surface area (TPSA) is 15.3 Å². The van der Waals surface area contributed by atoms with Gasteiger partial charge >= 0.3 is 0 Å². The summed E-state index contributed by atoms with van der Waals surface area (Å²) in [6, 6.07) is 3.28. The molecule has 0 bridgehead atoms. The highest BCUT2D eigenvalue weighted by atomic mass is 35.5. The fraction of sp³-hybridized carbons (Fsp3) is 0.692. The Morgan fingerprint density at radius 1 is 1.59 bits per heavy atom. The van der Waals surface area contributed by atoms with Crippen LogP contribution in [0.15, 0.2) is 6.07 Å². The Balaban J connectivity index is 1.81. The number of aryl methyl sites for hydroxylation is 1. The molecule has 4 heteroatoms. The van der Waals surface area contributed by atoms with Crippen LogP contribution in [0.1, 0.15) is 36.8 Å². The van der Waals surface area contributed by atoms with Gasteiger partial charge in [0.15, 0.2) is 0 Å². The van der Waals surface area contributed by atoms with Gasteiger partial charge in [0, 0.05) is 30.1 Å². The summed E-state index contributed by atoms with van der Waals surface area (Å²) in [5, 5.41) is 3.64. The van der Waals surface area contributed by atoms with Crippen molar-refractivity contribution < 1.29 is 0 Å². The minimum atomic E-state index is 0.523. The molecule has 1 N–H and O–H groups in total. The van der Waals surface area contributed by atoms with Gasteiger partial charge < -0.3 is 10.2 Å². The minimum Gasteiger partial charge on any atom is -0.309 e. The number of hydrogen-bond donors (Lipinski definition) is 1. The van der Waals surface area contributed by atoms with Gasteiger partial charge in [0.1, 0.15) is 0 Å². The van der Waals surface area contributed by atoms with Crippen molar-refractivity contribution in [2.45, 2.75) is 38.8 Å². The zero-order valence-corrected chi connectivity index (χ0v) is 12.4. The standard InChI is InChI=1S/C13H21ClN2S/c1-9(2)16(3)7-6-15-11-4-5-12-10(11)8-13(14)17-12/h8-9,11,15H,4-7H2,1-3H3. The monoisotopic (exact) mass is 272 g/mol. The third-order valence-corrected chi connectivity index (χ3v) is 4.92. The van der Waals surface area contributed by atoms with Crippen LogP contribution in [0.25, 0.3) is 0 Å². The molecule has 1 aliphatic carbocycles. The smallest absolute Gasteiger partial charge is 0.0934 e. The number of nitrogens with zero attached hydrogens (tertiary/aromatic N) is 1. The fourth-order valence-electron chi connectivity index (χ4n) is 2.22. The zero-order chi connectivity index (χ0) is 12.4. The summed E-state index contributed by atoms with van der Waals surface area (Å²) < 4.78 is 0.931. The molecule has 2 rings (SSSR count). The Bertz CT molecular complexity index is 375. The molecule has 0 aromatic carbocycles. The third kappa shape index (κ3) is 3.22. The molecule has 1 unspecified atom stereocenters. The van der Waals surface area contributed by atoms with Gasteiger partial charge in [-0.05, 0) is 45.4 Å². The van der Waals surface area contributed by atoms with E-state index in [1.807, 2.05) is 0 Å². The quantitative estimate of drug-likeness (QED) is 0.885. The van der Waals surface area contributed by atoms with Crippen molar-refractivity contribution in [3.8, 4) is 0 Å². The van der Waals surface area contributed by atoms with Crippen molar-refractivity contribution in [2.75, 3.05) is 20.1 Å². The van der Waals surface area contributed by atoms with Crippen LogP contribution in [0, 0.1) is 0 Å². The Morgan fingerprint density at radius 2 is 2.35 bits per heavy atom. The highest BCUT2D eigenvalue weighted by molar-refractivity contribution is 7.16. The zero-order valence-electron chi connectivity index (χ0n) is 10.8. The molecule has 2 nitrogen and oxygen atoms in total. The maximum absolute atomic E-state index is 6.05. The molecule has 1 aromatic heterocycles. The second-order valence-corrected chi connectivity index (χ2v) is 6.82. The second kappa shape index (κ2) is 5.70. The molecular weight excluding hydrogens is 252 g/mol. The van der Waals surface area contributed by atoms with Gasteiger partial charge in [-0.25, -0.2) is 0 Å². The molecule has 17 heavy (non-hydrogen) atoms. The third-order valence-electron chi connectivity index (χ3n) is 3.58. The van der Waals surface area contributed by atoms with Crippen LogP contribution in [-0.2, 0) is 6.42 Å². The maximum atomic E-state index is 6.05. The van der Waals surface area contributed by atoms with E-state index in [-0.39, 0.29) is 0 Å². The lowest BCUT2D eigenvalue weighted by molar-refractivity contribution is 0.269. The molecule has 0 fully saturated rings. The summed E-state index contributed by atoms with van der Waals surface area (Å²) in [6.45, 7) is 6.60. The lowest BCUT2D eigenvalue weighted by Gasteiger charge is -2.22. The van der Waals surface area contributed by atoms with Crippen LogP contribution in [-0.4, -0.2) is 31.1 Å². The van der Waals surface area contributed by atoms with E-state index in [2.05, 4.69) is 37.2 Å². The number of rotatable bonds is 5. The first-order valence-electron chi connectivity index (χ1n) is 6.29. The number of likely N-dealkylation sites (N-methyl/N-ethyl adjacent to an activating group) is 1. The van der Waals surface area contributed by atoms with Crippen molar-refractivity contribution in [1.29, 1.82) is 0 Å². The molecule has 1 aliphatic rings. The molecule has 1 atom stereocenters.